The van der Waals surface area contributed by atoms with Crippen molar-refractivity contribution in [3.63, 3.8) is 0 Å². The molecule has 0 radical (unpaired) electrons. The van der Waals surface area contributed by atoms with Gasteiger partial charge in [0.05, 0.1) is 23.1 Å². The van der Waals surface area contributed by atoms with Crippen LogP contribution in [0.4, 0.5) is 4.79 Å². The van der Waals surface area contributed by atoms with E-state index in [0.29, 0.717) is 6.61 Å². The first-order chi connectivity index (χ1) is 8.58. The van der Waals surface area contributed by atoms with Crippen LogP contribution in [0.25, 0.3) is 0 Å². The zero-order valence-corrected chi connectivity index (χ0v) is 12.2. The highest BCUT2D eigenvalue weighted by Crippen LogP contribution is 2.30. The van der Waals surface area contributed by atoms with E-state index in [1.165, 1.54) is 0 Å². The molecule has 0 aromatic rings. The summed E-state index contributed by atoms with van der Waals surface area (Å²) in [6.07, 6.45) is 0.762. The summed E-state index contributed by atoms with van der Waals surface area (Å²) in [4.78, 5) is 23.2. The molecule has 1 rings (SSSR count). The van der Waals surface area contributed by atoms with Gasteiger partial charge in [-0.1, -0.05) is 0 Å². The number of carbonyl (C=O) groups excluding carboxylic acids is 1. The van der Waals surface area contributed by atoms with Gasteiger partial charge in [0.15, 0.2) is 0 Å². The summed E-state index contributed by atoms with van der Waals surface area (Å²) >= 11 is 0. The molecule has 6 heteroatoms. The van der Waals surface area contributed by atoms with Gasteiger partial charge in [0.25, 0.3) is 0 Å². The molecule has 1 saturated heterocycles. The summed E-state index contributed by atoms with van der Waals surface area (Å²) in [5, 5.41) is 14.8. The van der Waals surface area contributed by atoms with Crippen molar-refractivity contribution < 1.29 is 19.4 Å². The Labute approximate surface area is 113 Å². The Hall–Kier alpha value is -1.30. The molecule has 1 aliphatic rings. The van der Waals surface area contributed by atoms with E-state index >= 15 is 0 Å². The van der Waals surface area contributed by atoms with Crippen LogP contribution < -0.4 is 10.6 Å². The maximum atomic E-state index is 12.0. The van der Waals surface area contributed by atoms with Gasteiger partial charge in [-0.05, 0) is 41.0 Å². The van der Waals surface area contributed by atoms with Crippen LogP contribution in [-0.4, -0.2) is 41.4 Å². The topological polar surface area (TPSA) is 87.7 Å². The number of rotatable bonds is 4. The third-order valence-electron chi connectivity index (χ3n) is 4.22. The maximum Gasteiger partial charge on any atom is 0.315 e. The summed E-state index contributed by atoms with van der Waals surface area (Å²) < 4.78 is 5.37. The zero-order valence-electron chi connectivity index (χ0n) is 12.2. The predicted molar refractivity (Wildman–Crippen MR) is 71.0 cm³/mol. The predicted octanol–water partition coefficient (Wildman–Crippen LogP) is 1.35. The molecule has 0 bridgehead atoms. The van der Waals surface area contributed by atoms with Crippen molar-refractivity contribution in [2.45, 2.75) is 58.7 Å². The zero-order chi connectivity index (χ0) is 14.8. The van der Waals surface area contributed by atoms with Gasteiger partial charge >= 0.3 is 12.0 Å². The summed E-state index contributed by atoms with van der Waals surface area (Å²) in [5.41, 5.74) is -1.94. The lowest BCUT2D eigenvalue weighted by Gasteiger charge is -2.39. The van der Waals surface area contributed by atoms with Crippen LogP contribution >= 0.6 is 0 Å². The highest BCUT2D eigenvalue weighted by Gasteiger charge is 2.44. The second-order valence-corrected chi connectivity index (χ2v) is 6.12. The number of urea groups is 1. The molecular weight excluding hydrogens is 248 g/mol. The summed E-state index contributed by atoms with van der Waals surface area (Å²) in [6.45, 7) is 9.14. The van der Waals surface area contributed by atoms with Crippen molar-refractivity contribution in [3.05, 3.63) is 0 Å². The average molecular weight is 272 g/mol. The van der Waals surface area contributed by atoms with Crippen LogP contribution in [0, 0.1) is 5.41 Å². The lowest BCUT2D eigenvalue weighted by Crippen LogP contribution is -2.60. The Kier molecular flexibility index (Phi) is 4.45. The van der Waals surface area contributed by atoms with Gasteiger partial charge in [0.1, 0.15) is 0 Å². The molecular formula is C13H24N2O4. The molecule has 2 amide bonds. The fourth-order valence-corrected chi connectivity index (χ4v) is 1.83. The van der Waals surface area contributed by atoms with E-state index in [0.717, 1.165) is 6.42 Å². The number of aliphatic carboxylic acids is 1. The van der Waals surface area contributed by atoms with Crippen LogP contribution in [0.15, 0.2) is 0 Å². The largest absolute Gasteiger partial charge is 0.481 e. The first kappa shape index (κ1) is 15.8. The Balaban J connectivity index is 2.62. The number of hydrogen-bond donors (Lipinski definition) is 3. The van der Waals surface area contributed by atoms with Gasteiger partial charge in [-0.15, -0.1) is 0 Å². The van der Waals surface area contributed by atoms with E-state index in [1.807, 2.05) is 6.92 Å². The first-order valence-electron chi connectivity index (χ1n) is 6.51. The lowest BCUT2D eigenvalue weighted by atomic mass is 9.74. The molecule has 0 aliphatic carbocycles. The maximum absolute atomic E-state index is 12.0. The summed E-state index contributed by atoms with van der Waals surface area (Å²) in [7, 11) is 0. The second-order valence-electron chi connectivity index (χ2n) is 6.12. The number of nitrogens with one attached hydrogen (secondary N) is 2. The van der Waals surface area contributed by atoms with Gasteiger partial charge in [-0.25, -0.2) is 4.79 Å². The monoisotopic (exact) mass is 272 g/mol. The van der Waals surface area contributed by atoms with E-state index < -0.39 is 16.9 Å². The Morgan fingerprint density at radius 3 is 2.26 bits per heavy atom. The Bertz CT molecular complexity index is 366. The van der Waals surface area contributed by atoms with Crippen molar-refractivity contribution >= 4 is 12.0 Å². The van der Waals surface area contributed by atoms with Crippen LogP contribution in [-0.2, 0) is 9.53 Å². The normalized spacial score (nSPS) is 24.1. The number of carboxylic acid groups (broad SMARTS) is 1. The second kappa shape index (κ2) is 5.36. The van der Waals surface area contributed by atoms with E-state index in [4.69, 9.17) is 4.74 Å². The number of amides is 2. The van der Waals surface area contributed by atoms with Crippen molar-refractivity contribution in [2.24, 2.45) is 5.41 Å². The molecule has 1 aliphatic heterocycles. The third-order valence-corrected chi connectivity index (χ3v) is 4.22. The van der Waals surface area contributed by atoms with Gasteiger partial charge in [-0.3, -0.25) is 4.79 Å². The van der Waals surface area contributed by atoms with Crippen molar-refractivity contribution in [2.75, 3.05) is 6.61 Å². The van der Waals surface area contributed by atoms with Crippen LogP contribution in [0.1, 0.15) is 41.0 Å². The quantitative estimate of drug-likeness (QED) is 0.721. The number of ether oxygens (including phenoxy) is 1. The standard InChI is InChI=1S/C13H24N2O4/c1-8-9(6-7-19-8)14-11(18)15-13(4,5)12(2,3)10(16)17/h8-9H,6-7H2,1-5H3,(H,16,17)(H2,14,15,18). The van der Waals surface area contributed by atoms with Gasteiger partial charge < -0.3 is 20.5 Å². The van der Waals surface area contributed by atoms with Gasteiger partial charge in [-0.2, -0.15) is 0 Å². The van der Waals surface area contributed by atoms with E-state index in [9.17, 15) is 14.7 Å². The van der Waals surface area contributed by atoms with Crippen LogP contribution in [0.5, 0.6) is 0 Å². The fourth-order valence-electron chi connectivity index (χ4n) is 1.83. The van der Waals surface area contributed by atoms with Crippen molar-refractivity contribution in [1.29, 1.82) is 0 Å². The van der Waals surface area contributed by atoms with Gasteiger partial charge in [0, 0.05) is 6.61 Å². The minimum absolute atomic E-state index is 0.0126. The smallest absolute Gasteiger partial charge is 0.315 e. The molecule has 19 heavy (non-hydrogen) atoms. The molecule has 2 unspecified atom stereocenters. The summed E-state index contributed by atoms with van der Waals surface area (Å²) in [5.74, 6) is -0.949. The van der Waals surface area contributed by atoms with Gasteiger partial charge in [0.2, 0.25) is 0 Å². The molecule has 110 valence electrons. The highest BCUT2D eigenvalue weighted by molar-refractivity contribution is 5.79. The molecule has 1 fully saturated rings. The molecule has 3 N–H and O–H groups in total. The SMILES string of the molecule is CC1OCCC1NC(=O)NC(C)(C)C(C)(C)C(=O)O. The average Bonchev–Trinajstić information content (AvgIpc) is 2.62. The molecule has 6 nitrogen and oxygen atoms in total. The highest BCUT2D eigenvalue weighted by atomic mass is 16.5. The number of carboxylic acids is 1. The molecule has 0 saturated carbocycles. The molecule has 0 spiro atoms. The van der Waals surface area contributed by atoms with Crippen molar-refractivity contribution in [1.82, 2.24) is 10.6 Å². The first-order valence-corrected chi connectivity index (χ1v) is 6.51. The minimum atomic E-state index is -1.07. The van der Waals surface area contributed by atoms with Crippen molar-refractivity contribution in [3.8, 4) is 0 Å². The van der Waals surface area contributed by atoms with Crippen LogP contribution in [0.3, 0.4) is 0 Å². The summed E-state index contributed by atoms with van der Waals surface area (Å²) in [6, 6.07) is -0.384. The molecule has 0 aromatic heterocycles. The fraction of sp³-hybridized carbons (Fsp3) is 0.846. The molecule has 0 aromatic carbocycles. The van der Waals surface area contributed by atoms with E-state index in [-0.39, 0.29) is 18.2 Å². The Morgan fingerprint density at radius 1 is 1.26 bits per heavy atom. The third kappa shape index (κ3) is 3.37. The molecule has 1 heterocycles. The lowest BCUT2D eigenvalue weighted by molar-refractivity contribution is -0.150. The number of hydrogen-bond acceptors (Lipinski definition) is 3. The van der Waals surface area contributed by atoms with E-state index in [1.54, 1.807) is 27.7 Å². The number of carbonyl (C=O) groups is 2. The van der Waals surface area contributed by atoms with E-state index in [2.05, 4.69) is 10.6 Å². The van der Waals surface area contributed by atoms with Crippen LogP contribution in [0.2, 0.25) is 0 Å². The Morgan fingerprint density at radius 2 is 1.84 bits per heavy atom. The molecule has 2 atom stereocenters. The minimum Gasteiger partial charge on any atom is -0.481 e.